The number of nitro benzene ring substituents is 1. The molecule has 0 atom stereocenters. The largest absolute Gasteiger partial charge is 0.362 e. The van der Waals surface area contributed by atoms with Crippen LogP contribution in [0.3, 0.4) is 0 Å². The van der Waals surface area contributed by atoms with Gasteiger partial charge in [0.25, 0.3) is 11.6 Å². The van der Waals surface area contributed by atoms with Gasteiger partial charge in [-0.1, -0.05) is 54.6 Å². The van der Waals surface area contributed by atoms with Crippen molar-refractivity contribution < 1.29 is 9.72 Å². The molecule has 0 radical (unpaired) electrons. The standard InChI is InChI=1S/C27H25N5O3/c1-20-9-5-6-12-22(20)26-23(19-31(28-26)21-10-3-2-4-11-21)27(33)30-17-15-29(16-18-30)24-13-7-8-14-25(24)32(34)35/h2-14,19H,15-18H2,1H3. The summed E-state index contributed by atoms with van der Waals surface area (Å²) in [7, 11) is 0. The number of anilines is 1. The molecule has 1 aliphatic rings. The predicted molar refractivity (Wildman–Crippen MR) is 135 cm³/mol. The molecule has 0 spiro atoms. The second-order valence-corrected chi connectivity index (χ2v) is 8.51. The van der Waals surface area contributed by atoms with Crippen LogP contribution >= 0.6 is 0 Å². The molecule has 0 saturated carbocycles. The average Bonchev–Trinajstić information content (AvgIpc) is 3.34. The Morgan fingerprint density at radius 3 is 2.26 bits per heavy atom. The van der Waals surface area contributed by atoms with E-state index in [1.54, 1.807) is 34.0 Å². The van der Waals surface area contributed by atoms with E-state index in [-0.39, 0.29) is 16.5 Å². The lowest BCUT2D eigenvalue weighted by Crippen LogP contribution is -2.49. The highest BCUT2D eigenvalue weighted by Gasteiger charge is 2.29. The monoisotopic (exact) mass is 467 g/mol. The van der Waals surface area contributed by atoms with Gasteiger partial charge >= 0.3 is 0 Å². The summed E-state index contributed by atoms with van der Waals surface area (Å²) >= 11 is 0. The number of rotatable bonds is 5. The van der Waals surface area contributed by atoms with Crippen molar-refractivity contribution in [3.63, 3.8) is 0 Å². The number of aryl methyl sites for hydroxylation is 1. The van der Waals surface area contributed by atoms with Gasteiger partial charge in [-0.25, -0.2) is 4.68 Å². The van der Waals surface area contributed by atoms with Crippen LogP contribution in [0.2, 0.25) is 0 Å². The lowest BCUT2D eigenvalue weighted by Gasteiger charge is -2.35. The zero-order valence-corrected chi connectivity index (χ0v) is 19.4. The molecule has 1 saturated heterocycles. The number of amides is 1. The van der Waals surface area contributed by atoms with Crippen LogP contribution < -0.4 is 4.90 Å². The van der Waals surface area contributed by atoms with Crippen molar-refractivity contribution in [3.05, 3.63) is 106 Å². The van der Waals surface area contributed by atoms with Crippen LogP contribution in [0.4, 0.5) is 11.4 Å². The first-order valence-electron chi connectivity index (χ1n) is 11.5. The fourth-order valence-corrected chi connectivity index (χ4v) is 4.49. The molecule has 0 unspecified atom stereocenters. The number of benzene rings is 3. The van der Waals surface area contributed by atoms with E-state index in [0.29, 0.717) is 43.1 Å². The summed E-state index contributed by atoms with van der Waals surface area (Å²) < 4.78 is 1.75. The molecule has 3 aromatic carbocycles. The summed E-state index contributed by atoms with van der Waals surface area (Å²) in [6.07, 6.45) is 1.80. The van der Waals surface area contributed by atoms with Crippen LogP contribution in [0.15, 0.2) is 85.1 Å². The van der Waals surface area contributed by atoms with Gasteiger partial charge < -0.3 is 9.80 Å². The van der Waals surface area contributed by atoms with Gasteiger partial charge in [-0.15, -0.1) is 0 Å². The van der Waals surface area contributed by atoms with E-state index in [9.17, 15) is 14.9 Å². The molecule has 176 valence electrons. The molecule has 4 aromatic rings. The summed E-state index contributed by atoms with van der Waals surface area (Å²) in [5, 5.41) is 16.3. The molecule has 1 aromatic heterocycles. The molecule has 1 amide bonds. The quantitative estimate of drug-likeness (QED) is 0.313. The fourth-order valence-electron chi connectivity index (χ4n) is 4.49. The Morgan fingerprint density at radius 2 is 1.54 bits per heavy atom. The van der Waals surface area contributed by atoms with E-state index >= 15 is 0 Å². The smallest absolute Gasteiger partial charge is 0.292 e. The first-order valence-corrected chi connectivity index (χ1v) is 11.5. The topological polar surface area (TPSA) is 84.5 Å². The Morgan fingerprint density at radius 1 is 0.886 bits per heavy atom. The van der Waals surface area contributed by atoms with Gasteiger partial charge in [0.1, 0.15) is 11.4 Å². The van der Waals surface area contributed by atoms with Crippen molar-refractivity contribution in [1.29, 1.82) is 0 Å². The van der Waals surface area contributed by atoms with E-state index in [2.05, 4.69) is 0 Å². The van der Waals surface area contributed by atoms with Gasteiger partial charge in [-0.3, -0.25) is 14.9 Å². The van der Waals surface area contributed by atoms with Gasteiger partial charge in [-0.2, -0.15) is 5.10 Å². The predicted octanol–water partition coefficient (Wildman–Crippen LogP) is 4.72. The number of hydrogen-bond acceptors (Lipinski definition) is 5. The second kappa shape index (κ2) is 9.42. The first-order chi connectivity index (χ1) is 17.0. The lowest BCUT2D eigenvalue weighted by molar-refractivity contribution is -0.384. The summed E-state index contributed by atoms with van der Waals surface area (Å²) in [4.78, 5) is 28.6. The van der Waals surface area contributed by atoms with Crippen LogP contribution in [-0.4, -0.2) is 51.7 Å². The van der Waals surface area contributed by atoms with Gasteiger partial charge in [0.15, 0.2) is 0 Å². The van der Waals surface area contributed by atoms with E-state index in [1.165, 1.54) is 6.07 Å². The van der Waals surface area contributed by atoms with E-state index in [4.69, 9.17) is 5.10 Å². The summed E-state index contributed by atoms with van der Waals surface area (Å²) in [5.74, 6) is -0.0901. The van der Waals surface area contributed by atoms with Crippen molar-refractivity contribution >= 4 is 17.3 Å². The minimum absolute atomic E-state index is 0.0817. The van der Waals surface area contributed by atoms with Crippen molar-refractivity contribution in [2.24, 2.45) is 0 Å². The van der Waals surface area contributed by atoms with Crippen molar-refractivity contribution in [3.8, 4) is 16.9 Å². The van der Waals surface area contributed by atoms with E-state index in [0.717, 1.165) is 16.8 Å². The molecule has 0 N–H and O–H groups in total. The maximum absolute atomic E-state index is 13.7. The molecule has 2 heterocycles. The lowest BCUT2D eigenvalue weighted by atomic mass is 10.0. The Balaban J connectivity index is 1.43. The van der Waals surface area contributed by atoms with Gasteiger partial charge in [-0.05, 0) is 30.7 Å². The van der Waals surface area contributed by atoms with Crippen molar-refractivity contribution in [2.75, 3.05) is 31.1 Å². The summed E-state index contributed by atoms with van der Waals surface area (Å²) in [5.41, 5.74) is 4.70. The maximum Gasteiger partial charge on any atom is 0.292 e. The number of hydrogen-bond donors (Lipinski definition) is 0. The van der Waals surface area contributed by atoms with Crippen LogP contribution in [0.1, 0.15) is 15.9 Å². The van der Waals surface area contributed by atoms with E-state index in [1.807, 2.05) is 66.4 Å². The molecule has 1 fully saturated rings. The third kappa shape index (κ3) is 4.38. The Bertz CT molecular complexity index is 1370. The number of carbonyl (C=O) groups excluding carboxylic acids is 1. The Kier molecular flexibility index (Phi) is 6.01. The second-order valence-electron chi connectivity index (χ2n) is 8.51. The van der Waals surface area contributed by atoms with Gasteiger partial charge in [0.05, 0.1) is 16.2 Å². The SMILES string of the molecule is Cc1ccccc1-c1nn(-c2ccccc2)cc1C(=O)N1CCN(c2ccccc2[N+](=O)[O-])CC1. The third-order valence-corrected chi connectivity index (χ3v) is 6.35. The fraction of sp³-hybridized carbons (Fsp3) is 0.185. The molecule has 35 heavy (non-hydrogen) atoms. The van der Waals surface area contributed by atoms with Gasteiger partial charge in [0.2, 0.25) is 0 Å². The van der Waals surface area contributed by atoms with Crippen LogP contribution in [0.25, 0.3) is 16.9 Å². The molecule has 1 aliphatic heterocycles. The number of carbonyl (C=O) groups is 1. The third-order valence-electron chi connectivity index (χ3n) is 6.35. The van der Waals surface area contributed by atoms with E-state index < -0.39 is 0 Å². The Hall–Kier alpha value is -4.46. The number of aromatic nitrogens is 2. The zero-order chi connectivity index (χ0) is 24.4. The van der Waals surface area contributed by atoms with Crippen molar-refractivity contribution in [2.45, 2.75) is 6.92 Å². The van der Waals surface area contributed by atoms with Crippen LogP contribution in [0.5, 0.6) is 0 Å². The molecule has 0 aliphatic carbocycles. The molecular formula is C27H25N5O3. The minimum atomic E-state index is -0.362. The zero-order valence-electron chi connectivity index (χ0n) is 19.4. The minimum Gasteiger partial charge on any atom is -0.362 e. The highest BCUT2D eigenvalue weighted by Crippen LogP contribution is 2.30. The number of nitrogens with zero attached hydrogens (tertiary/aromatic N) is 5. The molecular weight excluding hydrogens is 442 g/mol. The molecule has 8 nitrogen and oxygen atoms in total. The van der Waals surface area contributed by atoms with Gasteiger partial charge in [0, 0.05) is 44.0 Å². The highest BCUT2D eigenvalue weighted by molar-refractivity contribution is 6.00. The Labute approximate surface area is 203 Å². The summed E-state index contributed by atoms with van der Waals surface area (Å²) in [6.45, 7) is 3.98. The highest BCUT2D eigenvalue weighted by atomic mass is 16.6. The maximum atomic E-state index is 13.7. The summed E-state index contributed by atoms with van der Waals surface area (Å²) in [6, 6.07) is 24.4. The normalized spacial score (nSPS) is 13.6. The number of para-hydroxylation sites is 3. The molecule has 8 heteroatoms. The number of piperazine rings is 1. The van der Waals surface area contributed by atoms with Crippen LogP contribution in [0, 0.1) is 17.0 Å². The number of nitro groups is 1. The van der Waals surface area contributed by atoms with Crippen LogP contribution in [-0.2, 0) is 0 Å². The average molecular weight is 468 g/mol. The first kappa shape index (κ1) is 22.3. The van der Waals surface area contributed by atoms with Crippen molar-refractivity contribution in [1.82, 2.24) is 14.7 Å². The molecule has 0 bridgehead atoms. The molecule has 5 rings (SSSR count).